The Hall–Kier alpha value is -2.04. The standard InChI is InChI=1S/C13H14N4O/c1-13(2)5-10-9(11(18)6-13)7-16-17(10)12-3-4-14-8-15-12/h3-4,7-8H,5-6H2,1-2H3. The third-order valence-corrected chi connectivity index (χ3v) is 3.24. The Balaban J connectivity index is 2.13. The van der Waals surface area contributed by atoms with Gasteiger partial charge in [-0.05, 0) is 11.8 Å². The van der Waals surface area contributed by atoms with Gasteiger partial charge in [0, 0.05) is 18.7 Å². The maximum absolute atomic E-state index is 12.1. The number of nitrogens with zero attached hydrogens (tertiary/aromatic N) is 4. The summed E-state index contributed by atoms with van der Waals surface area (Å²) in [6.07, 6.45) is 6.22. The molecule has 5 nitrogen and oxygen atoms in total. The number of carbonyl (C=O) groups excluding carboxylic acids is 1. The molecule has 0 spiro atoms. The van der Waals surface area contributed by atoms with E-state index in [1.165, 1.54) is 6.33 Å². The van der Waals surface area contributed by atoms with Gasteiger partial charge in [-0.3, -0.25) is 4.79 Å². The van der Waals surface area contributed by atoms with Crippen molar-refractivity contribution in [1.29, 1.82) is 0 Å². The lowest BCUT2D eigenvalue weighted by Crippen LogP contribution is -2.28. The van der Waals surface area contributed by atoms with Crippen molar-refractivity contribution in [1.82, 2.24) is 19.7 Å². The molecule has 0 radical (unpaired) electrons. The van der Waals surface area contributed by atoms with Crippen molar-refractivity contribution < 1.29 is 4.79 Å². The summed E-state index contributed by atoms with van der Waals surface area (Å²) in [4.78, 5) is 20.1. The predicted octanol–water partition coefficient (Wildman–Crippen LogP) is 1.82. The van der Waals surface area contributed by atoms with E-state index in [4.69, 9.17) is 0 Å². The van der Waals surface area contributed by atoms with Crippen LogP contribution in [0, 0.1) is 5.41 Å². The number of hydrogen-bond acceptors (Lipinski definition) is 4. The van der Waals surface area contributed by atoms with Crippen molar-refractivity contribution in [3.63, 3.8) is 0 Å². The normalized spacial score (nSPS) is 17.6. The molecule has 2 aromatic rings. The van der Waals surface area contributed by atoms with Gasteiger partial charge in [0.1, 0.15) is 6.33 Å². The largest absolute Gasteiger partial charge is 0.294 e. The average molecular weight is 242 g/mol. The minimum absolute atomic E-state index is 0.0190. The SMILES string of the molecule is CC1(C)CC(=O)c2cnn(-c3ccncn3)c2C1. The van der Waals surface area contributed by atoms with Crippen LogP contribution in [0.25, 0.3) is 5.82 Å². The van der Waals surface area contributed by atoms with Crippen molar-refractivity contribution in [2.24, 2.45) is 5.41 Å². The van der Waals surface area contributed by atoms with Crippen molar-refractivity contribution >= 4 is 5.78 Å². The lowest BCUT2D eigenvalue weighted by Gasteiger charge is -2.28. The van der Waals surface area contributed by atoms with Gasteiger partial charge in [0.05, 0.1) is 17.5 Å². The summed E-state index contributed by atoms with van der Waals surface area (Å²) in [5.41, 5.74) is 1.66. The molecule has 0 atom stereocenters. The van der Waals surface area contributed by atoms with E-state index in [1.807, 2.05) is 0 Å². The Morgan fingerprint density at radius 3 is 2.89 bits per heavy atom. The van der Waals surface area contributed by atoms with Crippen LogP contribution in [0.2, 0.25) is 0 Å². The Morgan fingerprint density at radius 2 is 2.17 bits per heavy atom. The summed E-state index contributed by atoms with van der Waals surface area (Å²) >= 11 is 0. The number of ketones is 1. The van der Waals surface area contributed by atoms with Crippen LogP contribution < -0.4 is 0 Å². The molecule has 3 rings (SSSR count). The van der Waals surface area contributed by atoms with Crippen LogP contribution in [0.15, 0.2) is 24.8 Å². The number of carbonyl (C=O) groups is 1. The molecule has 0 aromatic carbocycles. The zero-order valence-corrected chi connectivity index (χ0v) is 10.4. The van der Waals surface area contributed by atoms with Gasteiger partial charge in [-0.1, -0.05) is 13.8 Å². The van der Waals surface area contributed by atoms with Gasteiger partial charge in [0.15, 0.2) is 11.6 Å². The predicted molar refractivity (Wildman–Crippen MR) is 65.6 cm³/mol. The van der Waals surface area contributed by atoms with Crippen LogP contribution in [0.4, 0.5) is 0 Å². The molecule has 1 aliphatic rings. The Kier molecular flexibility index (Phi) is 2.29. The Bertz CT molecular complexity index is 601. The topological polar surface area (TPSA) is 60.7 Å². The van der Waals surface area contributed by atoms with Crippen LogP contribution in [0.3, 0.4) is 0 Å². The van der Waals surface area contributed by atoms with Gasteiger partial charge in [-0.15, -0.1) is 0 Å². The van der Waals surface area contributed by atoms with Gasteiger partial charge in [0.2, 0.25) is 0 Å². The minimum atomic E-state index is -0.0190. The number of hydrogen-bond donors (Lipinski definition) is 0. The molecule has 5 heteroatoms. The monoisotopic (exact) mass is 242 g/mol. The molecule has 0 saturated heterocycles. The summed E-state index contributed by atoms with van der Waals surface area (Å²) in [6, 6.07) is 1.79. The molecule has 0 saturated carbocycles. The smallest absolute Gasteiger partial charge is 0.166 e. The molecule has 2 heterocycles. The van der Waals surface area contributed by atoms with Gasteiger partial charge in [-0.2, -0.15) is 5.10 Å². The van der Waals surface area contributed by atoms with Crippen molar-refractivity contribution in [3.05, 3.63) is 36.0 Å². The van der Waals surface area contributed by atoms with Crippen LogP contribution in [0.1, 0.15) is 36.3 Å². The van der Waals surface area contributed by atoms with Crippen LogP contribution in [0.5, 0.6) is 0 Å². The zero-order valence-electron chi connectivity index (χ0n) is 10.4. The molecular formula is C13H14N4O. The van der Waals surface area contributed by atoms with Crippen molar-refractivity contribution in [3.8, 4) is 5.82 Å². The fourth-order valence-corrected chi connectivity index (χ4v) is 2.43. The quantitative estimate of drug-likeness (QED) is 0.765. The van der Waals surface area contributed by atoms with Crippen LogP contribution >= 0.6 is 0 Å². The first-order valence-electron chi connectivity index (χ1n) is 5.93. The van der Waals surface area contributed by atoms with E-state index in [2.05, 4.69) is 28.9 Å². The van der Waals surface area contributed by atoms with E-state index < -0.39 is 0 Å². The highest BCUT2D eigenvalue weighted by Gasteiger charge is 2.34. The Labute approximate surface area is 105 Å². The van der Waals surface area contributed by atoms with Gasteiger partial charge in [0.25, 0.3) is 0 Å². The van der Waals surface area contributed by atoms with Crippen LogP contribution in [-0.4, -0.2) is 25.5 Å². The maximum atomic E-state index is 12.1. The highest BCUT2D eigenvalue weighted by atomic mass is 16.1. The maximum Gasteiger partial charge on any atom is 0.166 e. The fourth-order valence-electron chi connectivity index (χ4n) is 2.43. The van der Waals surface area contributed by atoms with Crippen molar-refractivity contribution in [2.75, 3.05) is 0 Å². The minimum Gasteiger partial charge on any atom is -0.294 e. The van der Waals surface area contributed by atoms with E-state index in [0.717, 1.165) is 17.7 Å². The second-order valence-corrected chi connectivity index (χ2v) is 5.43. The molecule has 18 heavy (non-hydrogen) atoms. The molecule has 0 aliphatic heterocycles. The van der Waals surface area contributed by atoms with E-state index in [9.17, 15) is 4.79 Å². The average Bonchev–Trinajstić information content (AvgIpc) is 2.72. The fraction of sp³-hybridized carbons (Fsp3) is 0.385. The van der Waals surface area contributed by atoms with Gasteiger partial charge >= 0.3 is 0 Å². The summed E-state index contributed by atoms with van der Waals surface area (Å²) in [7, 11) is 0. The van der Waals surface area contributed by atoms with Crippen molar-refractivity contribution in [2.45, 2.75) is 26.7 Å². The molecule has 92 valence electrons. The molecule has 0 unspecified atom stereocenters. The van der Waals surface area contributed by atoms with Gasteiger partial charge in [-0.25, -0.2) is 14.6 Å². The number of rotatable bonds is 1. The third-order valence-electron chi connectivity index (χ3n) is 3.24. The third kappa shape index (κ3) is 1.72. The Morgan fingerprint density at radius 1 is 1.33 bits per heavy atom. The molecule has 1 aliphatic carbocycles. The number of Topliss-reactive ketones (excluding diaryl/α,β-unsaturated/α-hetero) is 1. The van der Waals surface area contributed by atoms with E-state index in [1.54, 1.807) is 23.1 Å². The first-order valence-corrected chi connectivity index (χ1v) is 5.93. The van der Waals surface area contributed by atoms with E-state index >= 15 is 0 Å². The highest BCUT2D eigenvalue weighted by Crippen LogP contribution is 2.35. The lowest BCUT2D eigenvalue weighted by atomic mass is 9.76. The molecular weight excluding hydrogens is 228 g/mol. The number of aromatic nitrogens is 4. The van der Waals surface area contributed by atoms with E-state index in [0.29, 0.717) is 12.2 Å². The summed E-state index contributed by atoms with van der Waals surface area (Å²) in [5, 5.41) is 4.29. The second-order valence-electron chi connectivity index (χ2n) is 5.43. The molecule has 0 amide bonds. The lowest BCUT2D eigenvalue weighted by molar-refractivity contribution is 0.0911. The molecule has 0 fully saturated rings. The molecule has 2 aromatic heterocycles. The summed E-state index contributed by atoms with van der Waals surface area (Å²) in [5.74, 6) is 0.873. The zero-order chi connectivity index (χ0) is 12.8. The first-order chi connectivity index (χ1) is 8.57. The molecule has 0 N–H and O–H groups in total. The van der Waals surface area contributed by atoms with E-state index in [-0.39, 0.29) is 11.2 Å². The first kappa shape index (κ1) is 11.1. The number of fused-ring (bicyclic) bond motifs is 1. The summed E-state index contributed by atoms with van der Waals surface area (Å²) in [6.45, 7) is 4.20. The second kappa shape index (κ2) is 3.73. The highest BCUT2D eigenvalue weighted by molar-refractivity contribution is 5.98. The van der Waals surface area contributed by atoms with Crippen LogP contribution in [-0.2, 0) is 6.42 Å². The van der Waals surface area contributed by atoms with Gasteiger partial charge < -0.3 is 0 Å². The molecule has 0 bridgehead atoms. The summed E-state index contributed by atoms with van der Waals surface area (Å²) < 4.78 is 1.75.